The first-order valence-electron chi connectivity index (χ1n) is 7.08. The molecule has 3 saturated carbocycles. The highest BCUT2D eigenvalue weighted by atomic mass is 14.9. The first-order valence-corrected chi connectivity index (χ1v) is 7.08. The lowest BCUT2D eigenvalue weighted by Crippen LogP contribution is -2.36. The summed E-state index contributed by atoms with van der Waals surface area (Å²) in [6, 6.07) is 0.852. The quantitative estimate of drug-likeness (QED) is 0.730. The third-order valence-electron chi connectivity index (χ3n) is 4.93. The highest BCUT2D eigenvalue weighted by Crippen LogP contribution is 2.49. The molecule has 2 unspecified atom stereocenters. The van der Waals surface area contributed by atoms with Gasteiger partial charge in [0.15, 0.2) is 0 Å². The molecule has 0 aromatic rings. The average Bonchev–Trinajstić information content (AvgIpc) is 3.11. The predicted molar refractivity (Wildman–Crippen MR) is 63.7 cm³/mol. The van der Waals surface area contributed by atoms with Gasteiger partial charge in [0.1, 0.15) is 0 Å². The molecule has 1 N–H and O–H groups in total. The van der Waals surface area contributed by atoms with E-state index in [1.165, 1.54) is 51.5 Å². The summed E-state index contributed by atoms with van der Waals surface area (Å²) in [6.07, 6.45) is 10.5. The maximum Gasteiger partial charge on any atom is 0.00928 e. The first-order chi connectivity index (χ1) is 7.34. The summed E-state index contributed by atoms with van der Waals surface area (Å²) in [6.45, 7) is 3.76. The van der Waals surface area contributed by atoms with Crippen molar-refractivity contribution in [3.63, 3.8) is 0 Å². The van der Waals surface area contributed by atoms with Crippen LogP contribution < -0.4 is 5.32 Å². The molecule has 3 fully saturated rings. The molecular weight excluding hydrogens is 182 g/mol. The molecule has 15 heavy (non-hydrogen) atoms. The summed E-state index contributed by atoms with van der Waals surface area (Å²) >= 11 is 0. The molecule has 0 aromatic heterocycles. The van der Waals surface area contributed by atoms with Crippen LogP contribution in [0, 0.1) is 23.7 Å². The van der Waals surface area contributed by atoms with Crippen molar-refractivity contribution in [1.82, 2.24) is 5.32 Å². The fourth-order valence-corrected chi connectivity index (χ4v) is 3.50. The van der Waals surface area contributed by atoms with Gasteiger partial charge >= 0.3 is 0 Å². The molecule has 1 heteroatoms. The lowest BCUT2D eigenvalue weighted by molar-refractivity contribution is 0.331. The third kappa shape index (κ3) is 2.38. The largest absolute Gasteiger partial charge is 0.313 e. The summed E-state index contributed by atoms with van der Waals surface area (Å²) in [5.74, 6) is 4.21. The lowest BCUT2D eigenvalue weighted by Gasteiger charge is -2.22. The van der Waals surface area contributed by atoms with Gasteiger partial charge in [-0.25, -0.2) is 0 Å². The zero-order valence-corrected chi connectivity index (χ0v) is 10.0. The smallest absolute Gasteiger partial charge is 0.00928 e. The fourth-order valence-electron chi connectivity index (χ4n) is 3.50. The highest BCUT2D eigenvalue weighted by Gasteiger charge is 2.41. The standard InChI is InChI=1S/C14H25N/c1-10-3-2-4-14(10)15-9-13(11-5-6-11)12-7-8-12/h10-15H,2-9H2,1H3. The summed E-state index contributed by atoms with van der Waals surface area (Å²) < 4.78 is 0. The van der Waals surface area contributed by atoms with Gasteiger partial charge in [-0.2, -0.15) is 0 Å². The maximum absolute atomic E-state index is 3.87. The normalized spacial score (nSPS) is 36.4. The molecular formula is C14H25N. The molecule has 3 rings (SSSR count). The zero-order valence-electron chi connectivity index (χ0n) is 10.0. The van der Waals surface area contributed by atoms with E-state index in [-0.39, 0.29) is 0 Å². The van der Waals surface area contributed by atoms with Gasteiger partial charge < -0.3 is 5.32 Å². The molecule has 86 valence electrons. The summed E-state index contributed by atoms with van der Waals surface area (Å²) in [7, 11) is 0. The van der Waals surface area contributed by atoms with Gasteiger partial charge in [0, 0.05) is 6.04 Å². The molecule has 2 atom stereocenters. The second kappa shape index (κ2) is 4.08. The van der Waals surface area contributed by atoms with Crippen LogP contribution in [0.3, 0.4) is 0 Å². The molecule has 0 spiro atoms. The van der Waals surface area contributed by atoms with Crippen LogP contribution in [-0.2, 0) is 0 Å². The molecule has 0 aromatic carbocycles. The van der Waals surface area contributed by atoms with Crippen molar-refractivity contribution in [2.24, 2.45) is 23.7 Å². The molecule has 0 heterocycles. The van der Waals surface area contributed by atoms with Gasteiger partial charge in [0.2, 0.25) is 0 Å². The van der Waals surface area contributed by atoms with Crippen molar-refractivity contribution < 1.29 is 0 Å². The Labute approximate surface area is 94.0 Å². The van der Waals surface area contributed by atoms with Crippen LogP contribution in [0.1, 0.15) is 51.9 Å². The lowest BCUT2D eigenvalue weighted by atomic mass is 9.96. The van der Waals surface area contributed by atoms with Crippen LogP contribution >= 0.6 is 0 Å². The summed E-state index contributed by atoms with van der Waals surface area (Å²) in [5.41, 5.74) is 0. The van der Waals surface area contributed by atoms with E-state index in [1.807, 2.05) is 0 Å². The average molecular weight is 207 g/mol. The van der Waals surface area contributed by atoms with Crippen molar-refractivity contribution in [3.05, 3.63) is 0 Å². The summed E-state index contributed by atoms with van der Waals surface area (Å²) in [4.78, 5) is 0. The Hall–Kier alpha value is -0.0400. The van der Waals surface area contributed by atoms with Gasteiger partial charge in [0.25, 0.3) is 0 Å². The Morgan fingerprint density at radius 1 is 1.00 bits per heavy atom. The minimum absolute atomic E-state index is 0.852. The Kier molecular flexibility index (Phi) is 2.76. The molecule has 3 aliphatic carbocycles. The fraction of sp³-hybridized carbons (Fsp3) is 1.00. The Morgan fingerprint density at radius 3 is 2.13 bits per heavy atom. The SMILES string of the molecule is CC1CCCC1NCC(C1CC1)C1CC1. The Morgan fingerprint density at radius 2 is 1.67 bits per heavy atom. The van der Waals surface area contributed by atoms with E-state index in [0.29, 0.717) is 0 Å². The van der Waals surface area contributed by atoms with Gasteiger partial charge in [-0.1, -0.05) is 13.3 Å². The number of nitrogens with one attached hydrogen (secondary N) is 1. The van der Waals surface area contributed by atoms with Crippen LogP contribution in [0.2, 0.25) is 0 Å². The number of hydrogen-bond acceptors (Lipinski definition) is 1. The molecule has 3 aliphatic rings. The Balaban J connectivity index is 1.46. The van der Waals surface area contributed by atoms with E-state index in [1.54, 1.807) is 0 Å². The molecule has 0 aliphatic heterocycles. The van der Waals surface area contributed by atoms with Crippen LogP contribution in [0.15, 0.2) is 0 Å². The van der Waals surface area contributed by atoms with Crippen LogP contribution in [-0.4, -0.2) is 12.6 Å². The topological polar surface area (TPSA) is 12.0 Å². The molecule has 0 radical (unpaired) electrons. The van der Waals surface area contributed by atoms with Crippen molar-refractivity contribution >= 4 is 0 Å². The van der Waals surface area contributed by atoms with E-state index in [4.69, 9.17) is 0 Å². The van der Waals surface area contributed by atoms with Gasteiger partial charge in [-0.15, -0.1) is 0 Å². The van der Waals surface area contributed by atoms with Crippen LogP contribution in [0.4, 0.5) is 0 Å². The van der Waals surface area contributed by atoms with E-state index in [0.717, 1.165) is 29.7 Å². The van der Waals surface area contributed by atoms with Crippen molar-refractivity contribution in [2.75, 3.05) is 6.54 Å². The number of hydrogen-bond donors (Lipinski definition) is 1. The van der Waals surface area contributed by atoms with E-state index in [9.17, 15) is 0 Å². The van der Waals surface area contributed by atoms with E-state index >= 15 is 0 Å². The monoisotopic (exact) mass is 207 g/mol. The van der Waals surface area contributed by atoms with E-state index in [2.05, 4.69) is 12.2 Å². The molecule has 0 saturated heterocycles. The van der Waals surface area contributed by atoms with Gasteiger partial charge in [-0.05, 0) is 68.7 Å². The number of rotatable bonds is 5. The predicted octanol–water partition coefficient (Wildman–Crippen LogP) is 3.20. The zero-order chi connectivity index (χ0) is 10.3. The second-order valence-corrected chi connectivity index (χ2v) is 6.26. The first kappa shape index (κ1) is 10.1. The van der Waals surface area contributed by atoms with Crippen molar-refractivity contribution in [1.29, 1.82) is 0 Å². The molecule has 0 bridgehead atoms. The van der Waals surface area contributed by atoms with Crippen molar-refractivity contribution in [3.8, 4) is 0 Å². The van der Waals surface area contributed by atoms with Crippen LogP contribution in [0.25, 0.3) is 0 Å². The second-order valence-electron chi connectivity index (χ2n) is 6.26. The minimum atomic E-state index is 0.852. The van der Waals surface area contributed by atoms with Crippen LogP contribution in [0.5, 0.6) is 0 Å². The highest BCUT2D eigenvalue weighted by molar-refractivity contribution is 4.93. The summed E-state index contributed by atoms with van der Waals surface area (Å²) in [5, 5.41) is 3.87. The molecule has 1 nitrogen and oxygen atoms in total. The Bertz CT molecular complexity index is 205. The molecule has 0 amide bonds. The van der Waals surface area contributed by atoms with Crippen molar-refractivity contribution in [2.45, 2.75) is 57.9 Å². The van der Waals surface area contributed by atoms with E-state index < -0.39 is 0 Å². The maximum atomic E-state index is 3.87. The van der Waals surface area contributed by atoms with Gasteiger partial charge in [-0.3, -0.25) is 0 Å². The third-order valence-corrected chi connectivity index (χ3v) is 4.93. The van der Waals surface area contributed by atoms with Gasteiger partial charge in [0.05, 0.1) is 0 Å². The minimum Gasteiger partial charge on any atom is -0.313 e.